The molecule has 1 unspecified atom stereocenters. The Morgan fingerprint density at radius 2 is 1.04 bits per heavy atom. The van der Waals surface area contributed by atoms with Gasteiger partial charge in [0.25, 0.3) is 0 Å². The third-order valence-corrected chi connectivity index (χ3v) is 5.34. The second-order valence-electron chi connectivity index (χ2n) is 2.89. The molecule has 0 spiro atoms. The quantitative estimate of drug-likeness (QED) is 0.382. The molecule has 23 heavy (non-hydrogen) atoms. The minimum atomic E-state index is -1.32. The van der Waals surface area contributed by atoms with E-state index in [-0.39, 0.29) is 32.7 Å². The summed E-state index contributed by atoms with van der Waals surface area (Å²) in [5.74, 6) is 24.8. The summed E-state index contributed by atoms with van der Waals surface area (Å²) in [4.78, 5) is 0. The molecule has 0 saturated carbocycles. The Bertz CT molecular complexity index is 855. The van der Waals surface area contributed by atoms with Crippen molar-refractivity contribution in [3.05, 3.63) is 5.40 Å². The molecule has 0 bridgehead atoms. The number of hydrogen-bond donors (Lipinski definition) is 0. The summed E-state index contributed by atoms with van der Waals surface area (Å²) in [6, 6.07) is 0. The van der Waals surface area contributed by atoms with Gasteiger partial charge in [-0.15, -0.1) is 37.5 Å². The molecule has 0 aromatic carbocycles. The van der Waals surface area contributed by atoms with Crippen LogP contribution >= 0.6 is 15.8 Å². The van der Waals surface area contributed by atoms with E-state index in [2.05, 4.69) is 81.9 Å². The van der Waals surface area contributed by atoms with E-state index in [9.17, 15) is 0 Å². The molecule has 1 radical (unpaired) electrons. The molecule has 0 aliphatic carbocycles. The fourth-order valence-electron chi connectivity index (χ4n) is 0.948. The van der Waals surface area contributed by atoms with Crippen LogP contribution in [0, 0.1) is 113 Å². The maximum Gasteiger partial charge on any atom is 0.00912 e. The van der Waals surface area contributed by atoms with Crippen molar-refractivity contribution in [1.82, 2.24) is 0 Å². The summed E-state index contributed by atoms with van der Waals surface area (Å²) in [6.45, 7) is 1.70. The fraction of sp³-hybridized carbons (Fsp3) is 0.0500. The number of terminal acetylenes is 4. The Morgan fingerprint density at radius 1 is 0.652 bits per heavy atom. The van der Waals surface area contributed by atoms with E-state index >= 15 is 0 Å². The van der Waals surface area contributed by atoms with Crippen molar-refractivity contribution in [2.75, 3.05) is 0 Å². The smallest absolute Gasteiger partial charge is 0.00912 e. The van der Waals surface area contributed by atoms with Gasteiger partial charge in [-0.25, -0.2) is 5.92 Å². The normalized spacial score (nSPS) is 7.04. The van der Waals surface area contributed by atoms with E-state index in [1.165, 1.54) is 0 Å². The third kappa shape index (κ3) is 10.3. The van der Waals surface area contributed by atoms with Crippen LogP contribution in [0.2, 0.25) is 0 Å². The maximum atomic E-state index is 5.19. The maximum absolute atomic E-state index is 5.19. The largest absolute Gasteiger partial charge is 0.265 e. The topological polar surface area (TPSA) is 0 Å². The molecule has 3 heteroatoms. The summed E-state index contributed by atoms with van der Waals surface area (Å²) in [5.41, 5.74) is 11.6. The zero-order chi connectivity index (χ0) is 16.6. The van der Waals surface area contributed by atoms with Gasteiger partial charge in [-0.05, 0) is 42.4 Å². The Labute approximate surface area is 167 Å². The number of hydrogen-bond acceptors (Lipinski definition) is 0. The summed E-state index contributed by atoms with van der Waals surface area (Å²) >= 11 is 0. The summed E-state index contributed by atoms with van der Waals surface area (Å²) in [5, 5.41) is 0.630. The molecule has 0 heterocycles. The minimum absolute atomic E-state index is 0. The van der Waals surface area contributed by atoms with Gasteiger partial charge in [-0.2, -0.15) is 0 Å². The van der Waals surface area contributed by atoms with E-state index in [1.807, 2.05) is 0 Å². The molecule has 0 aliphatic heterocycles. The van der Waals surface area contributed by atoms with Gasteiger partial charge in [-0.1, -0.05) is 28.0 Å². The summed E-state index contributed by atoms with van der Waals surface area (Å²) in [7, 11) is -2.56. The van der Waals surface area contributed by atoms with Crippen molar-refractivity contribution in [2.24, 2.45) is 0 Å². The van der Waals surface area contributed by atoms with Crippen LogP contribution in [0.25, 0.3) is 0 Å². The van der Waals surface area contributed by atoms with Crippen LogP contribution in [0.3, 0.4) is 0 Å². The Balaban J connectivity index is 0. The molecule has 0 aromatic heterocycles. The van der Waals surface area contributed by atoms with E-state index in [4.69, 9.17) is 25.7 Å². The molecule has 0 fully saturated rings. The Hall–Kier alpha value is -2.13. The van der Waals surface area contributed by atoms with E-state index in [0.717, 1.165) is 0 Å². The molecular formula is C20H7P2Y-. The van der Waals surface area contributed by atoms with Crippen LogP contribution in [0.4, 0.5) is 0 Å². The zero-order valence-corrected chi connectivity index (χ0v) is 16.9. The van der Waals surface area contributed by atoms with Crippen LogP contribution in [0.5, 0.6) is 0 Å². The van der Waals surface area contributed by atoms with E-state index in [1.54, 1.807) is 6.92 Å². The second-order valence-corrected chi connectivity index (χ2v) is 6.38. The first-order valence-electron chi connectivity index (χ1n) is 5.50. The van der Waals surface area contributed by atoms with Gasteiger partial charge in [0.1, 0.15) is 0 Å². The first-order valence-corrected chi connectivity index (χ1v) is 8.18. The SMILES string of the molecule is C#CC#C[C-](P(C#CC)C#CC#C)P(C#CC#C)C#CC#C.[Y]. The van der Waals surface area contributed by atoms with Gasteiger partial charge >= 0.3 is 0 Å². The van der Waals surface area contributed by atoms with Crippen LogP contribution < -0.4 is 0 Å². The van der Waals surface area contributed by atoms with Crippen molar-refractivity contribution in [2.45, 2.75) is 6.92 Å². The molecule has 101 valence electrons. The van der Waals surface area contributed by atoms with Crippen LogP contribution in [0.15, 0.2) is 0 Å². The van der Waals surface area contributed by atoms with Crippen molar-refractivity contribution in [3.63, 3.8) is 0 Å². The van der Waals surface area contributed by atoms with Gasteiger partial charge in [0.2, 0.25) is 0 Å². The van der Waals surface area contributed by atoms with Gasteiger partial charge in [0, 0.05) is 48.6 Å². The van der Waals surface area contributed by atoms with Gasteiger partial charge < -0.3 is 0 Å². The van der Waals surface area contributed by atoms with Crippen molar-refractivity contribution in [1.29, 1.82) is 0 Å². The standard InChI is InChI=1S/C20H7P2.Y/c1-6-11-15-20(21(16-10-5)17-12-7-2)22(18-13-8-3)19-14-9-4;/h1-4H,5H3;/q-1;. The van der Waals surface area contributed by atoms with Crippen molar-refractivity contribution in [3.8, 4) is 108 Å². The Morgan fingerprint density at radius 3 is 1.39 bits per heavy atom. The predicted molar refractivity (Wildman–Crippen MR) is 97.0 cm³/mol. The summed E-state index contributed by atoms with van der Waals surface area (Å²) < 4.78 is 0. The average Bonchev–Trinajstić information content (AvgIpc) is 2.54. The average molecular weight is 398 g/mol. The molecular weight excluding hydrogens is 391 g/mol. The molecule has 0 aromatic rings. The van der Waals surface area contributed by atoms with Crippen LogP contribution in [-0.4, -0.2) is 0 Å². The fourth-order valence-corrected chi connectivity index (χ4v) is 3.97. The predicted octanol–water partition coefficient (Wildman–Crippen LogP) is 2.84. The van der Waals surface area contributed by atoms with Crippen LogP contribution in [0.1, 0.15) is 6.92 Å². The second kappa shape index (κ2) is 16.2. The van der Waals surface area contributed by atoms with Crippen molar-refractivity contribution >= 4 is 15.8 Å². The van der Waals surface area contributed by atoms with Gasteiger partial charge in [-0.3, -0.25) is 5.92 Å². The molecule has 0 saturated heterocycles. The zero-order valence-electron chi connectivity index (χ0n) is 12.3. The van der Waals surface area contributed by atoms with Crippen LogP contribution in [-0.2, 0) is 32.7 Å². The molecule has 0 aliphatic rings. The molecule has 0 nitrogen and oxygen atoms in total. The van der Waals surface area contributed by atoms with E-state index < -0.39 is 15.8 Å². The number of rotatable bonds is 2. The Kier molecular flexibility index (Phi) is 16.3. The minimum Gasteiger partial charge on any atom is -0.265 e. The van der Waals surface area contributed by atoms with Crippen molar-refractivity contribution < 1.29 is 32.7 Å². The van der Waals surface area contributed by atoms with Gasteiger partial charge in [0.05, 0.1) is 0 Å². The summed E-state index contributed by atoms with van der Waals surface area (Å²) in [6.07, 6.45) is 20.7. The molecule has 0 rings (SSSR count). The molecule has 0 amide bonds. The van der Waals surface area contributed by atoms with Gasteiger partial charge in [0.15, 0.2) is 0 Å². The molecule has 1 atom stereocenters. The monoisotopic (exact) mass is 398 g/mol. The first kappa shape index (κ1) is 23.1. The van der Waals surface area contributed by atoms with E-state index in [0.29, 0.717) is 5.40 Å². The third-order valence-electron chi connectivity index (χ3n) is 1.61. The molecule has 0 N–H and O–H groups in total. The first-order chi connectivity index (χ1) is 10.7.